The molecule has 0 atom stereocenters. The van der Waals surface area contributed by atoms with E-state index in [1.165, 1.54) is 0 Å². The molecule has 5 rings (SSSR count). The number of hydrogen-bond acceptors (Lipinski definition) is 5. The second-order valence-corrected chi connectivity index (χ2v) is 8.58. The molecule has 0 N–H and O–H groups in total. The van der Waals surface area contributed by atoms with Crippen LogP contribution in [-0.4, -0.2) is 34.9 Å². The molecule has 0 aliphatic rings. The molecule has 6 nitrogen and oxygen atoms in total. The molecule has 0 amide bonds. The van der Waals surface area contributed by atoms with E-state index in [-0.39, 0.29) is 17.1 Å². The first-order valence-corrected chi connectivity index (χ1v) is 10.1. The van der Waals surface area contributed by atoms with Gasteiger partial charge in [-0.2, -0.15) is 0 Å². The van der Waals surface area contributed by atoms with Gasteiger partial charge in [0.05, 0.1) is 0 Å². The molecular weight excluding hydrogens is 465 g/mol. The third-order valence-electron chi connectivity index (χ3n) is 4.02. The first kappa shape index (κ1) is 15.7. The Bertz CT molecular complexity index is 1400. The summed E-state index contributed by atoms with van der Waals surface area (Å²) < 4.78 is 9.05. The normalized spacial score (nSPS) is 11.6. The summed E-state index contributed by atoms with van der Waals surface area (Å²) in [6, 6.07) is 14.4. The van der Waals surface area contributed by atoms with Crippen molar-refractivity contribution in [3.63, 3.8) is 0 Å². The number of benzene rings is 2. The molecule has 5 aromatic rings. The van der Waals surface area contributed by atoms with Crippen LogP contribution in [0.2, 0.25) is 0 Å². The molecule has 0 aliphatic carbocycles. The molecule has 0 spiro atoms. The number of ketones is 1. The molecular formula is C18H8BrN3O3Se. The summed E-state index contributed by atoms with van der Waals surface area (Å²) in [6.45, 7) is 0. The number of nitrogens with zero attached hydrogens (tertiary/aromatic N) is 3. The van der Waals surface area contributed by atoms with Gasteiger partial charge < -0.3 is 0 Å². The van der Waals surface area contributed by atoms with Crippen molar-refractivity contribution < 1.29 is 9.21 Å². The van der Waals surface area contributed by atoms with E-state index in [9.17, 15) is 9.59 Å². The van der Waals surface area contributed by atoms with Crippen LogP contribution in [0.3, 0.4) is 0 Å². The van der Waals surface area contributed by atoms with Crippen molar-refractivity contribution in [2.24, 2.45) is 0 Å². The summed E-state index contributed by atoms with van der Waals surface area (Å²) in [5, 5.41) is 5.75. The third-order valence-corrected chi connectivity index (χ3v) is 6.41. The van der Waals surface area contributed by atoms with Crippen LogP contribution in [0, 0.1) is 0 Å². The Hall–Kier alpha value is -2.54. The van der Waals surface area contributed by atoms with Crippen molar-refractivity contribution in [3.05, 3.63) is 73.7 Å². The summed E-state index contributed by atoms with van der Waals surface area (Å²) in [7, 11) is 0. The summed E-state index contributed by atoms with van der Waals surface area (Å²) in [5.41, 5.74) is 0.991. The second kappa shape index (κ2) is 5.74. The van der Waals surface area contributed by atoms with Crippen molar-refractivity contribution >= 4 is 62.6 Å². The van der Waals surface area contributed by atoms with Crippen molar-refractivity contribution in [1.82, 2.24) is 14.6 Å². The predicted molar refractivity (Wildman–Crippen MR) is 101 cm³/mol. The van der Waals surface area contributed by atoms with E-state index in [2.05, 4.69) is 26.0 Å². The molecule has 2 aromatic carbocycles. The minimum atomic E-state index is -0.458. The number of rotatable bonds is 2. The molecule has 3 aromatic heterocycles. The Labute approximate surface area is 159 Å². The molecule has 0 bridgehead atoms. The molecule has 0 radical (unpaired) electrons. The van der Waals surface area contributed by atoms with Crippen LogP contribution in [0.25, 0.3) is 26.4 Å². The molecule has 0 unspecified atom stereocenters. The number of hydrogen-bond donors (Lipinski definition) is 0. The Morgan fingerprint density at radius 3 is 2.88 bits per heavy atom. The van der Waals surface area contributed by atoms with Crippen LogP contribution in [0.15, 0.2) is 62.2 Å². The maximum atomic E-state index is 12.9. The van der Waals surface area contributed by atoms with Crippen LogP contribution in [-0.2, 0) is 0 Å². The van der Waals surface area contributed by atoms with Gasteiger partial charge in [0.1, 0.15) is 0 Å². The van der Waals surface area contributed by atoms with Crippen molar-refractivity contribution in [2.75, 3.05) is 0 Å². The van der Waals surface area contributed by atoms with Crippen molar-refractivity contribution in [3.8, 4) is 0 Å². The quantitative estimate of drug-likeness (QED) is 0.291. The minimum absolute atomic E-state index is 0.235. The number of halogens is 1. The van der Waals surface area contributed by atoms with Crippen LogP contribution in [0.1, 0.15) is 15.1 Å². The van der Waals surface area contributed by atoms with Crippen LogP contribution < -0.4 is 5.56 Å². The standard InChI is InChI=1S/C18H8BrN3O3Se/c19-10-5-6-13-9(7-10)8-14(25-13)15(23)17-21-22-12-4-2-1-3-11(12)16(24)20-18(22)26-17/h1-8H. The SMILES string of the molecule is O=C(c1cc2cc(Br)ccc2o1)c1nn2c(nc(=O)c3ccccc32)[se]1. The predicted octanol–water partition coefficient (Wildman–Crippen LogP) is 3.04. The topological polar surface area (TPSA) is 77.5 Å². The van der Waals surface area contributed by atoms with Gasteiger partial charge >= 0.3 is 160 Å². The average molecular weight is 473 g/mol. The first-order chi connectivity index (χ1) is 12.6. The zero-order valence-electron chi connectivity index (χ0n) is 13.0. The van der Waals surface area contributed by atoms with E-state index in [1.807, 2.05) is 18.2 Å². The number of carbonyl (C=O) groups is 1. The van der Waals surface area contributed by atoms with E-state index in [1.54, 1.807) is 34.8 Å². The molecule has 0 fully saturated rings. The van der Waals surface area contributed by atoms with E-state index >= 15 is 0 Å². The van der Waals surface area contributed by atoms with Gasteiger partial charge in [0.25, 0.3) is 0 Å². The zero-order chi connectivity index (χ0) is 17.8. The van der Waals surface area contributed by atoms with Crippen LogP contribution >= 0.6 is 15.9 Å². The van der Waals surface area contributed by atoms with Crippen molar-refractivity contribution in [2.45, 2.75) is 0 Å². The molecule has 3 heterocycles. The van der Waals surface area contributed by atoms with Gasteiger partial charge in [-0.05, 0) is 0 Å². The second-order valence-electron chi connectivity index (χ2n) is 5.66. The summed E-state index contributed by atoms with van der Waals surface area (Å²) in [4.78, 5) is 29.1. The summed E-state index contributed by atoms with van der Waals surface area (Å²) in [6.07, 6.45) is 0. The molecule has 126 valence electrons. The number of furan rings is 1. The van der Waals surface area contributed by atoms with E-state index in [0.717, 1.165) is 9.86 Å². The van der Waals surface area contributed by atoms with Gasteiger partial charge in [0, 0.05) is 0 Å². The Morgan fingerprint density at radius 2 is 2.00 bits per heavy atom. The number of fused-ring (bicyclic) bond motifs is 4. The van der Waals surface area contributed by atoms with Gasteiger partial charge in [0.2, 0.25) is 0 Å². The Balaban J connectivity index is 1.69. The Morgan fingerprint density at radius 1 is 1.15 bits per heavy atom. The van der Waals surface area contributed by atoms with Crippen LogP contribution in [0.5, 0.6) is 0 Å². The molecule has 0 saturated carbocycles. The number of aromatic nitrogens is 3. The van der Waals surface area contributed by atoms with E-state index in [0.29, 0.717) is 25.6 Å². The number of para-hydroxylation sites is 1. The Kier molecular flexibility index (Phi) is 3.46. The molecule has 0 saturated heterocycles. The fraction of sp³-hybridized carbons (Fsp3) is 0. The van der Waals surface area contributed by atoms with Gasteiger partial charge in [-0.15, -0.1) is 0 Å². The number of carbonyl (C=O) groups excluding carboxylic acids is 1. The molecule has 0 aliphatic heterocycles. The van der Waals surface area contributed by atoms with Crippen LogP contribution in [0.4, 0.5) is 0 Å². The third kappa shape index (κ3) is 2.38. The monoisotopic (exact) mass is 473 g/mol. The fourth-order valence-corrected chi connectivity index (χ4v) is 4.97. The van der Waals surface area contributed by atoms with Gasteiger partial charge in [0.15, 0.2) is 0 Å². The van der Waals surface area contributed by atoms with Gasteiger partial charge in [-0.25, -0.2) is 0 Å². The summed E-state index contributed by atoms with van der Waals surface area (Å²) >= 11 is 2.95. The zero-order valence-corrected chi connectivity index (χ0v) is 16.3. The summed E-state index contributed by atoms with van der Waals surface area (Å²) in [5.74, 6) is -0.0434. The first-order valence-electron chi connectivity index (χ1n) is 7.62. The maximum absolute atomic E-state index is 12.9. The molecule has 26 heavy (non-hydrogen) atoms. The van der Waals surface area contributed by atoms with Crippen molar-refractivity contribution in [1.29, 1.82) is 0 Å². The van der Waals surface area contributed by atoms with E-state index in [4.69, 9.17) is 4.42 Å². The fourth-order valence-electron chi connectivity index (χ4n) is 2.82. The van der Waals surface area contributed by atoms with Gasteiger partial charge in [-0.3, -0.25) is 0 Å². The molecule has 8 heteroatoms. The van der Waals surface area contributed by atoms with Gasteiger partial charge in [-0.1, -0.05) is 0 Å². The van der Waals surface area contributed by atoms with E-state index < -0.39 is 14.5 Å². The average Bonchev–Trinajstić information content (AvgIpc) is 3.25.